The van der Waals surface area contributed by atoms with Gasteiger partial charge < -0.3 is 5.73 Å². The summed E-state index contributed by atoms with van der Waals surface area (Å²) in [5, 5.41) is 12.4. The predicted octanol–water partition coefficient (Wildman–Crippen LogP) is 3.80. The van der Waals surface area contributed by atoms with E-state index in [1.165, 1.54) is 33.8 Å². The molecule has 4 heterocycles. The molecule has 1 saturated carbocycles. The highest BCUT2D eigenvalue weighted by Crippen LogP contribution is 2.33. The number of carbonyl (C=O) groups is 2. The number of nitrogen functional groups attached to an aromatic ring is 1. The van der Waals surface area contributed by atoms with Crippen molar-refractivity contribution in [2.45, 2.75) is 25.6 Å². The third kappa shape index (κ3) is 4.29. The van der Waals surface area contributed by atoms with E-state index in [1.54, 1.807) is 36.1 Å². The molecule has 1 aromatic carbocycles. The number of nitrogens with zero attached hydrogens (tertiary/aromatic N) is 7. The second-order valence-corrected chi connectivity index (χ2v) is 9.68. The van der Waals surface area contributed by atoms with Crippen LogP contribution in [0.2, 0.25) is 0 Å². The lowest BCUT2D eigenvalue weighted by Gasteiger charge is -2.31. The van der Waals surface area contributed by atoms with E-state index < -0.39 is 17.6 Å². The number of hydrogen-bond acceptors (Lipinski definition) is 6. The molecule has 200 valence electrons. The maximum absolute atomic E-state index is 13.9. The smallest absolute Gasteiger partial charge is 0.383 e. The standard InChI is InChI=1S/C26H23F3N8O2/c1-34-22-19-9-15(5-6-21(19)32-23(30)20(22)12-31-34)25(39)37(35(2)24(38)14-3-4-14)13-17-11-18-10-16(26(27,28)29)7-8-36(18)33-17/h5-12,14H,3-4,13H2,1-2H3,(H2,30,32). The lowest BCUT2D eigenvalue weighted by molar-refractivity contribution is -0.144. The molecule has 0 bridgehead atoms. The minimum atomic E-state index is -4.50. The molecule has 2 amide bonds. The number of benzene rings is 1. The average molecular weight is 537 g/mol. The van der Waals surface area contributed by atoms with Gasteiger partial charge in [0.25, 0.3) is 5.91 Å². The maximum Gasteiger partial charge on any atom is 0.416 e. The summed E-state index contributed by atoms with van der Waals surface area (Å²) in [5.41, 5.74) is 7.40. The van der Waals surface area contributed by atoms with Gasteiger partial charge in [-0.05, 0) is 49.2 Å². The van der Waals surface area contributed by atoms with Crippen molar-refractivity contribution in [1.29, 1.82) is 0 Å². The van der Waals surface area contributed by atoms with Gasteiger partial charge in [0, 0.05) is 37.2 Å². The first-order valence-electron chi connectivity index (χ1n) is 12.2. The van der Waals surface area contributed by atoms with Gasteiger partial charge in [-0.15, -0.1) is 0 Å². The first kappa shape index (κ1) is 24.6. The van der Waals surface area contributed by atoms with Gasteiger partial charge in [-0.2, -0.15) is 23.4 Å². The van der Waals surface area contributed by atoms with Crippen molar-refractivity contribution in [3.8, 4) is 0 Å². The van der Waals surface area contributed by atoms with Crippen molar-refractivity contribution < 1.29 is 22.8 Å². The molecule has 1 aliphatic rings. The Bertz CT molecular complexity index is 1790. The molecule has 1 fully saturated rings. The third-order valence-corrected chi connectivity index (χ3v) is 6.95. The van der Waals surface area contributed by atoms with Gasteiger partial charge >= 0.3 is 6.18 Å². The Balaban J connectivity index is 1.40. The number of anilines is 1. The Kier molecular flexibility index (Phi) is 5.49. The van der Waals surface area contributed by atoms with Crippen LogP contribution in [0.4, 0.5) is 19.0 Å². The summed E-state index contributed by atoms with van der Waals surface area (Å²) in [6.45, 7) is -0.129. The first-order chi connectivity index (χ1) is 18.5. The number of nitrogens with two attached hydrogens (primary N) is 1. The number of rotatable bonds is 4. The number of pyridine rings is 2. The zero-order chi connectivity index (χ0) is 27.6. The van der Waals surface area contributed by atoms with Crippen LogP contribution >= 0.6 is 0 Å². The molecule has 0 radical (unpaired) electrons. The summed E-state index contributed by atoms with van der Waals surface area (Å²) < 4.78 is 42.5. The van der Waals surface area contributed by atoms with Crippen molar-refractivity contribution in [2.24, 2.45) is 13.0 Å². The fourth-order valence-electron chi connectivity index (χ4n) is 4.72. The summed E-state index contributed by atoms with van der Waals surface area (Å²) >= 11 is 0. The quantitative estimate of drug-likeness (QED) is 0.350. The summed E-state index contributed by atoms with van der Waals surface area (Å²) in [5.74, 6) is -0.538. The van der Waals surface area contributed by atoms with E-state index in [0.29, 0.717) is 33.3 Å². The number of carbonyl (C=O) groups excluding carboxylic acids is 2. The minimum Gasteiger partial charge on any atom is -0.383 e. The van der Waals surface area contributed by atoms with Crippen LogP contribution in [0.1, 0.15) is 34.5 Å². The van der Waals surface area contributed by atoms with Crippen LogP contribution in [0.5, 0.6) is 0 Å². The second kappa shape index (κ2) is 8.68. The Hall–Kier alpha value is -4.68. The molecule has 4 aromatic heterocycles. The molecular formula is C26H23F3N8O2. The topological polar surface area (TPSA) is 115 Å². The number of amides is 2. The van der Waals surface area contributed by atoms with Crippen LogP contribution in [-0.2, 0) is 24.6 Å². The molecule has 10 nitrogen and oxygen atoms in total. The van der Waals surface area contributed by atoms with E-state index in [-0.39, 0.29) is 29.4 Å². The molecule has 0 aliphatic heterocycles. The molecule has 6 rings (SSSR count). The fourth-order valence-corrected chi connectivity index (χ4v) is 4.72. The van der Waals surface area contributed by atoms with Crippen molar-refractivity contribution in [3.05, 3.63) is 65.6 Å². The van der Waals surface area contributed by atoms with Crippen LogP contribution < -0.4 is 5.73 Å². The molecule has 39 heavy (non-hydrogen) atoms. The highest BCUT2D eigenvalue weighted by molar-refractivity contribution is 6.10. The minimum absolute atomic E-state index is 0.129. The van der Waals surface area contributed by atoms with Crippen molar-refractivity contribution in [1.82, 2.24) is 34.4 Å². The molecule has 0 atom stereocenters. The zero-order valence-electron chi connectivity index (χ0n) is 21.0. The Morgan fingerprint density at radius 2 is 1.90 bits per heavy atom. The zero-order valence-corrected chi connectivity index (χ0v) is 21.0. The van der Waals surface area contributed by atoms with Gasteiger partial charge in [0.15, 0.2) is 0 Å². The molecule has 0 saturated heterocycles. The third-order valence-electron chi connectivity index (χ3n) is 6.95. The van der Waals surface area contributed by atoms with Crippen molar-refractivity contribution in [3.63, 3.8) is 0 Å². The van der Waals surface area contributed by atoms with Gasteiger partial charge in [0.2, 0.25) is 5.91 Å². The van der Waals surface area contributed by atoms with Gasteiger partial charge in [0.05, 0.1) is 45.9 Å². The summed E-state index contributed by atoms with van der Waals surface area (Å²) in [6, 6.07) is 8.34. The van der Waals surface area contributed by atoms with E-state index in [1.807, 2.05) is 0 Å². The number of aromatic nitrogens is 5. The molecule has 0 unspecified atom stereocenters. The van der Waals surface area contributed by atoms with Gasteiger partial charge in [-0.25, -0.2) is 14.5 Å². The highest BCUT2D eigenvalue weighted by atomic mass is 19.4. The summed E-state index contributed by atoms with van der Waals surface area (Å²) in [6.07, 6.45) is -0.204. The largest absolute Gasteiger partial charge is 0.416 e. The molecular weight excluding hydrogens is 513 g/mol. The number of fused-ring (bicyclic) bond motifs is 4. The Morgan fingerprint density at radius 3 is 2.62 bits per heavy atom. The van der Waals surface area contributed by atoms with Crippen LogP contribution in [0.3, 0.4) is 0 Å². The normalized spacial score (nSPS) is 13.9. The Morgan fingerprint density at radius 1 is 1.13 bits per heavy atom. The van der Waals surface area contributed by atoms with Crippen LogP contribution in [-0.4, -0.2) is 53.3 Å². The number of halogens is 3. The van der Waals surface area contributed by atoms with E-state index in [4.69, 9.17) is 5.73 Å². The molecule has 2 N–H and O–H groups in total. The number of alkyl halides is 3. The predicted molar refractivity (Wildman–Crippen MR) is 136 cm³/mol. The molecule has 13 heteroatoms. The van der Waals surface area contributed by atoms with E-state index in [2.05, 4.69) is 15.2 Å². The van der Waals surface area contributed by atoms with Gasteiger partial charge in [0.1, 0.15) is 5.82 Å². The first-order valence-corrected chi connectivity index (χ1v) is 12.2. The Labute approximate surface area is 219 Å². The van der Waals surface area contributed by atoms with Gasteiger partial charge in [-0.1, -0.05) is 0 Å². The average Bonchev–Trinajstić information content (AvgIpc) is 3.55. The summed E-state index contributed by atoms with van der Waals surface area (Å²) in [7, 11) is 3.27. The second-order valence-electron chi connectivity index (χ2n) is 9.68. The maximum atomic E-state index is 13.9. The molecule has 0 spiro atoms. The monoisotopic (exact) mass is 536 g/mol. The number of hydrogen-bond donors (Lipinski definition) is 1. The molecule has 5 aromatic rings. The van der Waals surface area contributed by atoms with Crippen molar-refractivity contribution >= 4 is 45.0 Å². The molecule has 1 aliphatic carbocycles. The van der Waals surface area contributed by atoms with E-state index >= 15 is 0 Å². The van der Waals surface area contributed by atoms with Crippen LogP contribution in [0, 0.1) is 5.92 Å². The lowest BCUT2D eigenvalue weighted by Crippen LogP contribution is -2.47. The SMILES string of the molecule is CN(C(=O)C1CC1)N(Cc1cc2cc(C(F)(F)F)ccn2n1)C(=O)c1ccc2nc(N)c3cnn(C)c3c2c1. The number of aryl methyl sites for hydroxylation is 1. The number of hydrazine groups is 1. The van der Waals surface area contributed by atoms with Gasteiger partial charge in [-0.3, -0.25) is 19.3 Å². The van der Waals surface area contributed by atoms with E-state index in [9.17, 15) is 22.8 Å². The van der Waals surface area contributed by atoms with Crippen LogP contribution in [0.25, 0.3) is 27.3 Å². The summed E-state index contributed by atoms with van der Waals surface area (Å²) in [4.78, 5) is 31.3. The van der Waals surface area contributed by atoms with Crippen molar-refractivity contribution in [2.75, 3.05) is 12.8 Å². The lowest BCUT2D eigenvalue weighted by atomic mass is 10.1. The highest BCUT2D eigenvalue weighted by Gasteiger charge is 2.36. The van der Waals surface area contributed by atoms with E-state index in [0.717, 1.165) is 25.0 Å². The van der Waals surface area contributed by atoms with Crippen LogP contribution in [0.15, 0.2) is 48.8 Å². The fraction of sp³-hybridized carbons (Fsp3) is 0.269.